The van der Waals surface area contributed by atoms with Crippen LogP contribution in [0.4, 0.5) is 5.69 Å². The molecule has 0 aliphatic rings. The molecule has 3 N–H and O–H groups in total. The summed E-state index contributed by atoms with van der Waals surface area (Å²) in [6, 6.07) is 9.69. The average molecular weight is 135 g/mol. The maximum Gasteiger partial charge on any atom is 0.112 e. The van der Waals surface area contributed by atoms with Gasteiger partial charge in [-0.3, -0.25) is 0 Å². The summed E-state index contributed by atoms with van der Waals surface area (Å²) in [6.45, 7) is 0. The normalized spacial score (nSPS) is 10.0. The molecule has 0 fully saturated rings. The third-order valence-corrected chi connectivity index (χ3v) is 1.08. The van der Waals surface area contributed by atoms with E-state index in [9.17, 15) is 0 Å². The Kier molecular flexibility index (Phi) is 2.31. The van der Waals surface area contributed by atoms with Crippen molar-refractivity contribution in [2.45, 2.75) is 0 Å². The van der Waals surface area contributed by atoms with Gasteiger partial charge in [-0.05, 0) is 12.1 Å². The lowest BCUT2D eigenvalue weighted by molar-refractivity contribution is 1.26. The van der Waals surface area contributed by atoms with Crippen molar-refractivity contribution in [2.24, 2.45) is 10.9 Å². The zero-order valence-corrected chi connectivity index (χ0v) is 5.49. The molecule has 0 radical (unpaired) electrons. The minimum Gasteiger partial charge on any atom is -0.345 e. The molecule has 0 atom stereocenters. The van der Waals surface area contributed by atoms with Crippen LogP contribution in [0.5, 0.6) is 0 Å². The fraction of sp³-hybridized carbons (Fsp3) is 0. The molecule has 1 rings (SSSR count). The SMILES string of the molecule is N/N=C\Nc1ccccc1. The third kappa shape index (κ3) is 1.78. The fourth-order valence-electron chi connectivity index (χ4n) is 0.646. The molecule has 1 aromatic rings. The monoisotopic (exact) mass is 135 g/mol. The summed E-state index contributed by atoms with van der Waals surface area (Å²) in [5.41, 5.74) is 0.983. The van der Waals surface area contributed by atoms with E-state index in [1.165, 1.54) is 6.34 Å². The van der Waals surface area contributed by atoms with Gasteiger partial charge in [0.15, 0.2) is 0 Å². The van der Waals surface area contributed by atoms with E-state index in [0.717, 1.165) is 5.69 Å². The van der Waals surface area contributed by atoms with E-state index in [-0.39, 0.29) is 0 Å². The standard InChI is InChI=1S/C7H9N3/c8-10-6-9-7-4-2-1-3-5-7/h1-6H,8H2,(H,9,10). The molecule has 0 bridgehead atoms. The van der Waals surface area contributed by atoms with Gasteiger partial charge in [-0.25, -0.2) is 0 Å². The molecule has 0 saturated heterocycles. The maximum atomic E-state index is 4.88. The molecule has 0 saturated carbocycles. The first-order chi connectivity index (χ1) is 4.93. The van der Waals surface area contributed by atoms with Crippen LogP contribution < -0.4 is 11.2 Å². The highest BCUT2D eigenvalue weighted by molar-refractivity contribution is 5.74. The van der Waals surface area contributed by atoms with Crippen molar-refractivity contribution in [1.82, 2.24) is 0 Å². The van der Waals surface area contributed by atoms with E-state index >= 15 is 0 Å². The van der Waals surface area contributed by atoms with E-state index in [1.54, 1.807) is 0 Å². The van der Waals surface area contributed by atoms with Crippen molar-refractivity contribution < 1.29 is 0 Å². The van der Waals surface area contributed by atoms with E-state index in [2.05, 4.69) is 10.4 Å². The van der Waals surface area contributed by atoms with Crippen molar-refractivity contribution in [3.05, 3.63) is 30.3 Å². The molecule has 0 unspecified atom stereocenters. The Bertz CT molecular complexity index is 205. The van der Waals surface area contributed by atoms with Gasteiger partial charge in [-0.1, -0.05) is 18.2 Å². The van der Waals surface area contributed by atoms with Gasteiger partial charge in [-0.2, -0.15) is 5.10 Å². The minimum atomic E-state index is 0.983. The summed E-state index contributed by atoms with van der Waals surface area (Å²) in [7, 11) is 0. The first-order valence-electron chi connectivity index (χ1n) is 2.97. The number of nitrogens with zero attached hydrogens (tertiary/aromatic N) is 1. The second kappa shape index (κ2) is 3.50. The molecule has 3 nitrogen and oxygen atoms in total. The van der Waals surface area contributed by atoms with E-state index in [4.69, 9.17) is 5.84 Å². The number of para-hydroxylation sites is 1. The highest BCUT2D eigenvalue weighted by Gasteiger charge is 1.81. The summed E-state index contributed by atoms with van der Waals surface area (Å²) in [5.74, 6) is 4.88. The number of hydrogen-bond acceptors (Lipinski definition) is 2. The summed E-state index contributed by atoms with van der Waals surface area (Å²) in [5, 5.41) is 6.17. The summed E-state index contributed by atoms with van der Waals surface area (Å²) < 4.78 is 0. The highest BCUT2D eigenvalue weighted by Crippen LogP contribution is 2.02. The smallest absolute Gasteiger partial charge is 0.112 e. The summed E-state index contributed by atoms with van der Waals surface area (Å²) in [4.78, 5) is 0. The minimum absolute atomic E-state index is 0.983. The van der Waals surface area contributed by atoms with Gasteiger partial charge in [0, 0.05) is 5.69 Å². The molecule has 0 aliphatic carbocycles. The quantitative estimate of drug-likeness (QED) is 0.275. The molecule has 0 spiro atoms. The van der Waals surface area contributed by atoms with Crippen molar-refractivity contribution >= 4 is 12.0 Å². The van der Waals surface area contributed by atoms with Gasteiger partial charge in [0.2, 0.25) is 0 Å². The first-order valence-corrected chi connectivity index (χ1v) is 2.97. The first kappa shape index (κ1) is 6.61. The Morgan fingerprint density at radius 3 is 2.60 bits per heavy atom. The lowest BCUT2D eigenvalue weighted by Gasteiger charge is -1.95. The van der Waals surface area contributed by atoms with Crippen LogP contribution >= 0.6 is 0 Å². The molecule has 0 amide bonds. The Hall–Kier alpha value is -1.51. The zero-order chi connectivity index (χ0) is 7.23. The van der Waals surface area contributed by atoms with Crippen molar-refractivity contribution in [2.75, 3.05) is 5.32 Å². The van der Waals surface area contributed by atoms with Crippen LogP contribution in [0.3, 0.4) is 0 Å². The van der Waals surface area contributed by atoms with E-state index in [0.29, 0.717) is 0 Å². The second-order valence-corrected chi connectivity index (χ2v) is 1.79. The largest absolute Gasteiger partial charge is 0.345 e. The fourth-order valence-corrected chi connectivity index (χ4v) is 0.646. The van der Waals surface area contributed by atoms with Gasteiger partial charge < -0.3 is 11.2 Å². The van der Waals surface area contributed by atoms with Crippen molar-refractivity contribution in [3.63, 3.8) is 0 Å². The van der Waals surface area contributed by atoms with Gasteiger partial charge in [-0.15, -0.1) is 0 Å². The Labute approximate surface area is 59.6 Å². The Morgan fingerprint density at radius 2 is 2.00 bits per heavy atom. The third-order valence-electron chi connectivity index (χ3n) is 1.08. The molecular formula is C7H9N3. The van der Waals surface area contributed by atoms with Gasteiger partial charge in [0.1, 0.15) is 6.34 Å². The summed E-state index contributed by atoms with van der Waals surface area (Å²) >= 11 is 0. The molecule has 1 aromatic carbocycles. The van der Waals surface area contributed by atoms with E-state index < -0.39 is 0 Å². The number of hydrazone groups is 1. The molecule has 10 heavy (non-hydrogen) atoms. The van der Waals surface area contributed by atoms with Crippen LogP contribution in [0.25, 0.3) is 0 Å². The number of nitrogens with one attached hydrogen (secondary N) is 1. The van der Waals surface area contributed by atoms with Crippen LogP contribution in [-0.2, 0) is 0 Å². The van der Waals surface area contributed by atoms with Crippen LogP contribution in [-0.4, -0.2) is 6.34 Å². The van der Waals surface area contributed by atoms with Gasteiger partial charge >= 0.3 is 0 Å². The Morgan fingerprint density at radius 1 is 1.30 bits per heavy atom. The zero-order valence-electron chi connectivity index (χ0n) is 5.49. The van der Waals surface area contributed by atoms with Crippen molar-refractivity contribution in [1.29, 1.82) is 0 Å². The summed E-state index contributed by atoms with van der Waals surface area (Å²) in [6.07, 6.45) is 1.44. The van der Waals surface area contributed by atoms with Crippen LogP contribution in [0.2, 0.25) is 0 Å². The second-order valence-electron chi connectivity index (χ2n) is 1.79. The predicted molar refractivity (Wildman–Crippen MR) is 42.7 cm³/mol. The van der Waals surface area contributed by atoms with Crippen LogP contribution in [0, 0.1) is 0 Å². The molecule has 0 aromatic heterocycles. The van der Waals surface area contributed by atoms with Gasteiger partial charge in [0.25, 0.3) is 0 Å². The van der Waals surface area contributed by atoms with Crippen LogP contribution in [0.15, 0.2) is 35.4 Å². The molecular weight excluding hydrogens is 126 g/mol. The lowest BCUT2D eigenvalue weighted by Crippen LogP contribution is -1.96. The average Bonchev–Trinajstić information content (AvgIpc) is 2.03. The molecule has 0 aliphatic heterocycles. The maximum absolute atomic E-state index is 4.88. The number of nitrogens with two attached hydrogens (primary N) is 1. The number of anilines is 1. The Balaban J connectivity index is 2.59. The predicted octanol–water partition coefficient (Wildman–Crippen LogP) is 1.00. The number of hydrogen-bond donors (Lipinski definition) is 2. The van der Waals surface area contributed by atoms with E-state index in [1.807, 2.05) is 30.3 Å². The topological polar surface area (TPSA) is 50.4 Å². The molecule has 52 valence electrons. The van der Waals surface area contributed by atoms with Crippen molar-refractivity contribution in [3.8, 4) is 0 Å². The molecule has 0 heterocycles. The molecule has 3 heteroatoms. The number of rotatable bonds is 2. The lowest BCUT2D eigenvalue weighted by atomic mass is 10.3. The van der Waals surface area contributed by atoms with Gasteiger partial charge in [0.05, 0.1) is 0 Å². The number of benzene rings is 1. The van der Waals surface area contributed by atoms with Crippen LogP contribution in [0.1, 0.15) is 0 Å². The highest BCUT2D eigenvalue weighted by atomic mass is 15.2.